The van der Waals surface area contributed by atoms with Gasteiger partial charge in [0.2, 0.25) is 0 Å². The monoisotopic (exact) mass is 345 g/mol. The highest BCUT2D eigenvalue weighted by Gasteiger charge is 2.21. The van der Waals surface area contributed by atoms with E-state index in [1.165, 1.54) is 24.3 Å². The second-order valence-corrected chi connectivity index (χ2v) is 5.62. The molecule has 5 nitrogen and oxygen atoms in total. The summed E-state index contributed by atoms with van der Waals surface area (Å²) in [7, 11) is 0. The molecule has 132 valence electrons. The van der Waals surface area contributed by atoms with Crippen molar-refractivity contribution in [3.8, 4) is 5.75 Å². The number of halogens is 1. The molecule has 0 aliphatic rings. The number of benzene rings is 2. The van der Waals surface area contributed by atoms with E-state index in [0.29, 0.717) is 5.75 Å². The molecule has 25 heavy (non-hydrogen) atoms. The van der Waals surface area contributed by atoms with Gasteiger partial charge in [-0.1, -0.05) is 30.3 Å². The van der Waals surface area contributed by atoms with Gasteiger partial charge in [0, 0.05) is 6.42 Å². The smallest absolute Gasteiger partial charge is 0.303 e. The molecule has 0 saturated carbocycles. The zero-order valence-electron chi connectivity index (χ0n) is 13.8. The first-order valence-corrected chi connectivity index (χ1v) is 7.95. The third kappa shape index (κ3) is 5.91. The van der Waals surface area contributed by atoms with E-state index in [9.17, 15) is 14.0 Å². The molecular formula is C19H20FNO4. The number of carboxylic acid groups (broad SMARTS) is 1. The van der Waals surface area contributed by atoms with Crippen molar-refractivity contribution in [1.82, 2.24) is 5.32 Å². The Kier molecular flexibility index (Phi) is 6.51. The number of rotatable bonds is 8. The van der Waals surface area contributed by atoms with Gasteiger partial charge in [-0.15, -0.1) is 0 Å². The predicted octanol–water partition coefficient (Wildman–Crippen LogP) is 3.32. The van der Waals surface area contributed by atoms with Gasteiger partial charge in [-0.05, 0) is 43.2 Å². The second-order valence-electron chi connectivity index (χ2n) is 5.62. The first-order valence-electron chi connectivity index (χ1n) is 7.95. The third-order valence-electron chi connectivity index (χ3n) is 3.66. The lowest BCUT2D eigenvalue weighted by Crippen LogP contribution is -2.38. The Morgan fingerprint density at radius 3 is 2.36 bits per heavy atom. The summed E-state index contributed by atoms with van der Waals surface area (Å²) in [6.07, 6.45) is -0.594. The van der Waals surface area contributed by atoms with Crippen LogP contribution in [0.15, 0.2) is 54.6 Å². The maximum atomic E-state index is 12.9. The molecule has 0 radical (unpaired) electrons. The van der Waals surface area contributed by atoms with Gasteiger partial charge in [0.05, 0.1) is 6.04 Å². The van der Waals surface area contributed by atoms with Crippen LogP contribution in [0.3, 0.4) is 0 Å². The van der Waals surface area contributed by atoms with Crippen LogP contribution >= 0.6 is 0 Å². The molecule has 0 aliphatic heterocycles. The molecule has 2 atom stereocenters. The zero-order chi connectivity index (χ0) is 18.2. The topological polar surface area (TPSA) is 75.6 Å². The van der Waals surface area contributed by atoms with Crippen molar-refractivity contribution < 1.29 is 23.8 Å². The average molecular weight is 345 g/mol. The van der Waals surface area contributed by atoms with Gasteiger partial charge >= 0.3 is 5.97 Å². The Morgan fingerprint density at radius 2 is 1.76 bits per heavy atom. The fraction of sp³-hybridized carbons (Fsp3) is 0.263. The van der Waals surface area contributed by atoms with Crippen LogP contribution < -0.4 is 10.1 Å². The van der Waals surface area contributed by atoms with Crippen molar-refractivity contribution in [2.45, 2.75) is 31.9 Å². The van der Waals surface area contributed by atoms with Crippen molar-refractivity contribution in [2.75, 3.05) is 0 Å². The van der Waals surface area contributed by atoms with Gasteiger partial charge in [-0.25, -0.2) is 4.39 Å². The molecule has 0 fully saturated rings. The number of hydrogen-bond acceptors (Lipinski definition) is 3. The standard InChI is InChI=1S/C19H20FNO4/c1-13(25-16-9-7-15(20)8-10-16)19(24)21-17(11-12-18(22)23)14-5-3-2-4-6-14/h2-10,13,17H,11-12H2,1H3,(H,21,24)(H,22,23). The minimum atomic E-state index is -0.925. The summed E-state index contributed by atoms with van der Waals surface area (Å²) in [6.45, 7) is 1.58. The number of nitrogens with one attached hydrogen (secondary N) is 1. The lowest BCUT2D eigenvalue weighted by atomic mass is 10.0. The molecule has 6 heteroatoms. The first kappa shape index (κ1) is 18.4. The van der Waals surface area contributed by atoms with Crippen molar-refractivity contribution >= 4 is 11.9 Å². The van der Waals surface area contributed by atoms with Crippen LogP contribution in [-0.4, -0.2) is 23.1 Å². The van der Waals surface area contributed by atoms with E-state index in [4.69, 9.17) is 9.84 Å². The van der Waals surface area contributed by atoms with Crippen LogP contribution in [-0.2, 0) is 9.59 Å². The molecule has 0 saturated heterocycles. The highest BCUT2D eigenvalue weighted by atomic mass is 19.1. The summed E-state index contributed by atoms with van der Waals surface area (Å²) in [5.41, 5.74) is 0.825. The molecule has 2 unspecified atom stereocenters. The van der Waals surface area contributed by atoms with Gasteiger partial charge in [0.25, 0.3) is 5.91 Å². The van der Waals surface area contributed by atoms with Gasteiger partial charge in [-0.3, -0.25) is 9.59 Å². The molecule has 1 amide bonds. The van der Waals surface area contributed by atoms with Crippen LogP contribution in [0.1, 0.15) is 31.4 Å². The summed E-state index contributed by atoms with van der Waals surface area (Å²) in [5, 5.41) is 11.7. The molecule has 0 aliphatic carbocycles. The summed E-state index contributed by atoms with van der Waals surface area (Å²) in [6, 6.07) is 14.1. The zero-order valence-corrected chi connectivity index (χ0v) is 13.8. The van der Waals surface area contributed by atoms with Crippen molar-refractivity contribution in [2.24, 2.45) is 0 Å². The Morgan fingerprint density at radius 1 is 1.12 bits per heavy atom. The average Bonchev–Trinajstić information content (AvgIpc) is 2.61. The first-order chi connectivity index (χ1) is 12.0. The number of carbonyl (C=O) groups is 2. The van der Waals surface area contributed by atoms with Crippen LogP contribution in [0.4, 0.5) is 4.39 Å². The van der Waals surface area contributed by atoms with Crippen LogP contribution in [0, 0.1) is 5.82 Å². The Bertz CT molecular complexity index is 703. The molecule has 0 spiro atoms. The number of amides is 1. The molecule has 2 N–H and O–H groups in total. The molecule has 0 aromatic heterocycles. The van der Waals surface area contributed by atoms with Gasteiger partial charge < -0.3 is 15.2 Å². The minimum Gasteiger partial charge on any atom is -0.481 e. The summed E-state index contributed by atoms with van der Waals surface area (Å²) >= 11 is 0. The number of aliphatic carboxylic acids is 1. The van der Waals surface area contributed by atoms with E-state index >= 15 is 0 Å². The van der Waals surface area contributed by atoms with E-state index in [-0.39, 0.29) is 24.6 Å². The molecule has 2 aromatic rings. The largest absolute Gasteiger partial charge is 0.481 e. The summed E-state index contributed by atoms with van der Waals surface area (Å²) in [4.78, 5) is 23.2. The molecule has 0 bridgehead atoms. The lowest BCUT2D eigenvalue weighted by Gasteiger charge is -2.21. The van der Waals surface area contributed by atoms with E-state index in [1.54, 1.807) is 6.92 Å². The maximum Gasteiger partial charge on any atom is 0.303 e. The van der Waals surface area contributed by atoms with Crippen LogP contribution in [0.25, 0.3) is 0 Å². The van der Waals surface area contributed by atoms with E-state index in [0.717, 1.165) is 5.56 Å². The molecular weight excluding hydrogens is 325 g/mol. The van der Waals surface area contributed by atoms with Crippen LogP contribution in [0.2, 0.25) is 0 Å². The van der Waals surface area contributed by atoms with E-state index < -0.39 is 18.1 Å². The maximum absolute atomic E-state index is 12.9. The number of carboxylic acids is 1. The van der Waals surface area contributed by atoms with Crippen LogP contribution in [0.5, 0.6) is 5.75 Å². The lowest BCUT2D eigenvalue weighted by molar-refractivity contribution is -0.137. The number of ether oxygens (including phenoxy) is 1. The predicted molar refractivity (Wildman–Crippen MR) is 90.7 cm³/mol. The quantitative estimate of drug-likeness (QED) is 0.770. The second kappa shape index (κ2) is 8.82. The molecule has 2 rings (SSSR count). The van der Waals surface area contributed by atoms with Crippen molar-refractivity contribution in [3.63, 3.8) is 0 Å². The summed E-state index contributed by atoms with van der Waals surface area (Å²) < 4.78 is 18.4. The Labute approximate surface area is 145 Å². The highest BCUT2D eigenvalue weighted by molar-refractivity contribution is 5.81. The van der Waals surface area contributed by atoms with Crippen molar-refractivity contribution in [1.29, 1.82) is 0 Å². The molecule has 2 aromatic carbocycles. The Hall–Kier alpha value is -2.89. The summed E-state index contributed by atoms with van der Waals surface area (Å²) in [5.74, 6) is -1.30. The minimum absolute atomic E-state index is 0.0625. The van der Waals surface area contributed by atoms with Gasteiger partial charge in [0.1, 0.15) is 11.6 Å². The third-order valence-corrected chi connectivity index (χ3v) is 3.66. The van der Waals surface area contributed by atoms with E-state index in [1.807, 2.05) is 30.3 Å². The van der Waals surface area contributed by atoms with Gasteiger partial charge in [0.15, 0.2) is 6.10 Å². The molecule has 0 heterocycles. The normalized spacial score (nSPS) is 12.9. The van der Waals surface area contributed by atoms with E-state index in [2.05, 4.69) is 5.32 Å². The Balaban J connectivity index is 2.02. The van der Waals surface area contributed by atoms with Crippen molar-refractivity contribution in [3.05, 3.63) is 66.0 Å². The number of carbonyl (C=O) groups excluding carboxylic acids is 1. The fourth-order valence-corrected chi connectivity index (χ4v) is 2.34. The van der Waals surface area contributed by atoms with Gasteiger partial charge in [-0.2, -0.15) is 0 Å². The SMILES string of the molecule is CC(Oc1ccc(F)cc1)C(=O)NC(CCC(=O)O)c1ccccc1. The highest BCUT2D eigenvalue weighted by Crippen LogP contribution is 2.19. The number of hydrogen-bond donors (Lipinski definition) is 2. The fourth-order valence-electron chi connectivity index (χ4n) is 2.34.